The molecular weight excluding hydrogens is 202 g/mol. The number of hydrogen-bond acceptors (Lipinski definition) is 2. The molecule has 1 aromatic carbocycles. The van der Waals surface area contributed by atoms with Crippen LogP contribution in [0.15, 0.2) is 30.3 Å². The summed E-state index contributed by atoms with van der Waals surface area (Å²) in [5, 5.41) is 12.2. The van der Waals surface area contributed by atoms with Crippen molar-refractivity contribution in [3.8, 4) is 0 Å². The molecule has 0 bridgehead atoms. The second-order valence-corrected chi connectivity index (χ2v) is 4.38. The number of rotatable bonds is 3. The van der Waals surface area contributed by atoms with Crippen molar-refractivity contribution in [2.75, 3.05) is 0 Å². The van der Waals surface area contributed by atoms with E-state index in [2.05, 4.69) is 17.4 Å². The lowest BCUT2D eigenvalue weighted by Gasteiger charge is -2.28. The first-order valence-electron chi connectivity index (χ1n) is 5.78. The van der Waals surface area contributed by atoms with Crippen LogP contribution in [0.4, 0.5) is 0 Å². The minimum Gasteiger partial charge on any atom is -0.480 e. The Morgan fingerprint density at radius 3 is 2.75 bits per heavy atom. The van der Waals surface area contributed by atoms with E-state index in [1.807, 2.05) is 18.2 Å². The first kappa shape index (κ1) is 11.1. The summed E-state index contributed by atoms with van der Waals surface area (Å²) >= 11 is 0. The summed E-state index contributed by atoms with van der Waals surface area (Å²) in [6.45, 7) is 0. The minimum absolute atomic E-state index is 0.303. The molecule has 0 aliphatic carbocycles. The summed E-state index contributed by atoms with van der Waals surface area (Å²) in [6, 6.07) is 10.2. The second kappa shape index (κ2) is 5.12. The van der Waals surface area contributed by atoms with E-state index in [0.29, 0.717) is 6.04 Å². The van der Waals surface area contributed by atoms with E-state index in [1.165, 1.54) is 5.56 Å². The van der Waals surface area contributed by atoms with Crippen molar-refractivity contribution in [2.45, 2.75) is 37.8 Å². The first-order valence-corrected chi connectivity index (χ1v) is 5.78. The molecule has 3 heteroatoms. The third-order valence-electron chi connectivity index (χ3n) is 3.11. The van der Waals surface area contributed by atoms with Gasteiger partial charge in [-0.15, -0.1) is 0 Å². The fourth-order valence-corrected chi connectivity index (χ4v) is 2.27. The molecule has 2 N–H and O–H groups in total. The molecule has 16 heavy (non-hydrogen) atoms. The standard InChI is InChI=1S/C13H17NO2/c15-13(16)12-8-4-7-11(14-12)9-10-5-2-1-3-6-10/h1-3,5-6,11-12,14H,4,7-9H2,(H,15,16). The molecule has 3 nitrogen and oxygen atoms in total. The topological polar surface area (TPSA) is 49.3 Å². The number of carboxylic acid groups (broad SMARTS) is 1. The van der Waals surface area contributed by atoms with Crippen molar-refractivity contribution in [2.24, 2.45) is 0 Å². The van der Waals surface area contributed by atoms with Crippen LogP contribution in [0, 0.1) is 0 Å². The van der Waals surface area contributed by atoms with Crippen LogP contribution in [-0.2, 0) is 11.2 Å². The Kier molecular flexibility index (Phi) is 3.57. The van der Waals surface area contributed by atoms with Crippen LogP contribution in [0.1, 0.15) is 24.8 Å². The van der Waals surface area contributed by atoms with E-state index in [1.54, 1.807) is 0 Å². The molecular formula is C13H17NO2. The van der Waals surface area contributed by atoms with Crippen LogP contribution < -0.4 is 5.32 Å². The highest BCUT2D eigenvalue weighted by Gasteiger charge is 2.25. The number of benzene rings is 1. The predicted octanol–water partition coefficient (Wildman–Crippen LogP) is 1.82. The van der Waals surface area contributed by atoms with Crippen molar-refractivity contribution in [3.05, 3.63) is 35.9 Å². The third kappa shape index (κ3) is 2.83. The summed E-state index contributed by atoms with van der Waals surface area (Å²) in [4.78, 5) is 10.9. The number of carboxylic acids is 1. The largest absolute Gasteiger partial charge is 0.480 e. The summed E-state index contributed by atoms with van der Waals surface area (Å²) in [5.41, 5.74) is 1.27. The highest BCUT2D eigenvalue weighted by atomic mass is 16.4. The quantitative estimate of drug-likeness (QED) is 0.815. The summed E-state index contributed by atoms with van der Waals surface area (Å²) in [7, 11) is 0. The van der Waals surface area contributed by atoms with Gasteiger partial charge in [0, 0.05) is 6.04 Å². The molecule has 1 aromatic rings. The average Bonchev–Trinajstić information content (AvgIpc) is 2.30. The zero-order chi connectivity index (χ0) is 11.4. The van der Waals surface area contributed by atoms with Crippen LogP contribution in [0.3, 0.4) is 0 Å². The lowest BCUT2D eigenvalue weighted by Crippen LogP contribution is -2.47. The van der Waals surface area contributed by atoms with Crippen LogP contribution in [0.25, 0.3) is 0 Å². The maximum Gasteiger partial charge on any atom is 0.320 e. The molecule has 0 saturated carbocycles. The van der Waals surface area contributed by atoms with E-state index in [4.69, 9.17) is 5.11 Å². The molecule has 1 heterocycles. The lowest BCUT2D eigenvalue weighted by atomic mass is 9.94. The Hall–Kier alpha value is -1.35. The van der Waals surface area contributed by atoms with Gasteiger partial charge in [0.25, 0.3) is 0 Å². The Morgan fingerprint density at radius 2 is 2.06 bits per heavy atom. The molecule has 2 unspecified atom stereocenters. The molecule has 0 amide bonds. The smallest absolute Gasteiger partial charge is 0.320 e. The van der Waals surface area contributed by atoms with Gasteiger partial charge in [-0.25, -0.2) is 0 Å². The first-order chi connectivity index (χ1) is 7.75. The van der Waals surface area contributed by atoms with E-state index in [9.17, 15) is 4.79 Å². The van der Waals surface area contributed by atoms with Crippen LogP contribution in [-0.4, -0.2) is 23.2 Å². The van der Waals surface area contributed by atoms with Gasteiger partial charge in [-0.05, 0) is 31.2 Å². The molecule has 0 spiro atoms. The fourth-order valence-electron chi connectivity index (χ4n) is 2.27. The molecule has 2 rings (SSSR count). The van der Waals surface area contributed by atoms with Crippen molar-refractivity contribution in [1.82, 2.24) is 5.32 Å². The number of nitrogens with one attached hydrogen (secondary N) is 1. The Bertz CT molecular complexity index is 350. The SMILES string of the molecule is O=C(O)C1CCCC(Cc2ccccc2)N1. The van der Waals surface area contributed by atoms with Gasteiger partial charge in [0.2, 0.25) is 0 Å². The van der Waals surface area contributed by atoms with Crippen LogP contribution >= 0.6 is 0 Å². The van der Waals surface area contributed by atoms with Crippen molar-refractivity contribution in [1.29, 1.82) is 0 Å². The zero-order valence-electron chi connectivity index (χ0n) is 9.23. The van der Waals surface area contributed by atoms with Gasteiger partial charge < -0.3 is 10.4 Å². The summed E-state index contributed by atoms with van der Waals surface area (Å²) in [6.07, 6.45) is 3.74. The molecule has 1 aliphatic rings. The van der Waals surface area contributed by atoms with Gasteiger partial charge >= 0.3 is 5.97 Å². The Morgan fingerprint density at radius 1 is 1.31 bits per heavy atom. The van der Waals surface area contributed by atoms with Gasteiger partial charge in [-0.1, -0.05) is 30.3 Å². The maximum absolute atomic E-state index is 10.9. The summed E-state index contributed by atoms with van der Waals surface area (Å²) in [5.74, 6) is -0.724. The van der Waals surface area contributed by atoms with Gasteiger partial charge in [0.1, 0.15) is 6.04 Å². The van der Waals surface area contributed by atoms with E-state index in [-0.39, 0.29) is 6.04 Å². The molecule has 86 valence electrons. The molecule has 1 aliphatic heterocycles. The normalized spacial score (nSPS) is 25.2. The monoisotopic (exact) mass is 219 g/mol. The minimum atomic E-state index is -0.724. The number of carbonyl (C=O) groups is 1. The van der Waals surface area contributed by atoms with Crippen molar-refractivity contribution < 1.29 is 9.90 Å². The molecule has 0 radical (unpaired) electrons. The predicted molar refractivity (Wildman–Crippen MR) is 62.3 cm³/mol. The lowest BCUT2D eigenvalue weighted by molar-refractivity contribution is -0.140. The summed E-state index contributed by atoms with van der Waals surface area (Å²) < 4.78 is 0. The van der Waals surface area contributed by atoms with E-state index >= 15 is 0 Å². The van der Waals surface area contributed by atoms with Gasteiger partial charge in [0.05, 0.1) is 0 Å². The highest BCUT2D eigenvalue weighted by Crippen LogP contribution is 2.16. The molecule has 0 aromatic heterocycles. The van der Waals surface area contributed by atoms with Gasteiger partial charge in [0.15, 0.2) is 0 Å². The Labute approximate surface area is 95.5 Å². The Balaban J connectivity index is 1.93. The van der Waals surface area contributed by atoms with E-state index in [0.717, 1.165) is 25.7 Å². The zero-order valence-corrected chi connectivity index (χ0v) is 9.23. The average molecular weight is 219 g/mol. The van der Waals surface area contributed by atoms with Crippen molar-refractivity contribution >= 4 is 5.97 Å². The second-order valence-electron chi connectivity index (χ2n) is 4.38. The van der Waals surface area contributed by atoms with Crippen molar-refractivity contribution in [3.63, 3.8) is 0 Å². The molecule has 1 saturated heterocycles. The maximum atomic E-state index is 10.9. The van der Waals surface area contributed by atoms with Gasteiger partial charge in [-0.2, -0.15) is 0 Å². The number of hydrogen-bond donors (Lipinski definition) is 2. The van der Waals surface area contributed by atoms with Gasteiger partial charge in [-0.3, -0.25) is 4.79 Å². The number of piperidine rings is 1. The highest BCUT2D eigenvalue weighted by molar-refractivity contribution is 5.73. The third-order valence-corrected chi connectivity index (χ3v) is 3.11. The van der Waals surface area contributed by atoms with Crippen LogP contribution in [0.2, 0.25) is 0 Å². The van der Waals surface area contributed by atoms with E-state index < -0.39 is 5.97 Å². The number of aliphatic carboxylic acids is 1. The molecule has 1 fully saturated rings. The van der Waals surface area contributed by atoms with Crippen LogP contribution in [0.5, 0.6) is 0 Å². The fraction of sp³-hybridized carbons (Fsp3) is 0.462. The molecule has 2 atom stereocenters.